The molecule has 0 saturated heterocycles. The normalized spacial score (nSPS) is 22.7. The van der Waals surface area contributed by atoms with Gasteiger partial charge in [-0.1, -0.05) is 44.4 Å². The molecule has 1 aromatic rings. The van der Waals surface area contributed by atoms with Gasteiger partial charge in [-0.15, -0.1) is 0 Å². The van der Waals surface area contributed by atoms with Crippen LogP contribution >= 0.6 is 0 Å². The van der Waals surface area contributed by atoms with Crippen molar-refractivity contribution in [3.63, 3.8) is 0 Å². The molecular formula is C19H31NO. The zero-order valence-corrected chi connectivity index (χ0v) is 13.5. The van der Waals surface area contributed by atoms with Crippen molar-refractivity contribution in [3.05, 3.63) is 30.3 Å². The topological polar surface area (TPSA) is 21.3 Å². The molecule has 1 aliphatic carbocycles. The molecular weight excluding hydrogens is 258 g/mol. The highest BCUT2D eigenvalue weighted by atomic mass is 16.5. The number of para-hydroxylation sites is 1. The van der Waals surface area contributed by atoms with Crippen LogP contribution in [0.25, 0.3) is 0 Å². The standard InChI is InChI=1S/C19H31NO/c1-2-15-20-19-14-8-3-5-10-17(19)11-9-16-21-18-12-6-4-7-13-18/h4,6-7,12-13,17,19-20H,2-3,5,8-11,14-16H2,1H3. The zero-order valence-electron chi connectivity index (χ0n) is 13.5. The molecule has 0 aliphatic heterocycles. The summed E-state index contributed by atoms with van der Waals surface area (Å²) in [5.74, 6) is 1.84. The maximum atomic E-state index is 5.82. The van der Waals surface area contributed by atoms with Crippen molar-refractivity contribution in [3.8, 4) is 5.75 Å². The summed E-state index contributed by atoms with van der Waals surface area (Å²) >= 11 is 0. The first kappa shape index (κ1) is 16.4. The minimum Gasteiger partial charge on any atom is -0.494 e. The van der Waals surface area contributed by atoms with Crippen molar-refractivity contribution in [2.45, 2.75) is 64.3 Å². The van der Waals surface area contributed by atoms with E-state index in [1.165, 1.54) is 57.9 Å². The van der Waals surface area contributed by atoms with Crippen molar-refractivity contribution in [1.29, 1.82) is 0 Å². The second-order valence-electron chi connectivity index (χ2n) is 6.26. The molecule has 0 bridgehead atoms. The second-order valence-corrected chi connectivity index (χ2v) is 6.26. The lowest BCUT2D eigenvalue weighted by Gasteiger charge is -2.26. The van der Waals surface area contributed by atoms with Gasteiger partial charge in [-0.2, -0.15) is 0 Å². The van der Waals surface area contributed by atoms with E-state index in [2.05, 4.69) is 12.2 Å². The Kier molecular flexibility index (Phi) is 7.66. The summed E-state index contributed by atoms with van der Waals surface area (Å²) in [6.45, 7) is 4.27. The van der Waals surface area contributed by atoms with Crippen LogP contribution in [0.15, 0.2) is 30.3 Å². The van der Waals surface area contributed by atoms with Crippen molar-refractivity contribution >= 4 is 0 Å². The van der Waals surface area contributed by atoms with Crippen LogP contribution in [0, 0.1) is 5.92 Å². The fraction of sp³-hybridized carbons (Fsp3) is 0.684. The summed E-state index contributed by atoms with van der Waals surface area (Å²) in [7, 11) is 0. The van der Waals surface area contributed by atoms with Gasteiger partial charge in [-0.25, -0.2) is 0 Å². The molecule has 1 saturated carbocycles. The van der Waals surface area contributed by atoms with Gasteiger partial charge in [0.2, 0.25) is 0 Å². The fourth-order valence-electron chi connectivity index (χ4n) is 3.38. The third-order valence-electron chi connectivity index (χ3n) is 4.55. The Morgan fingerprint density at radius 2 is 1.90 bits per heavy atom. The van der Waals surface area contributed by atoms with Gasteiger partial charge >= 0.3 is 0 Å². The molecule has 21 heavy (non-hydrogen) atoms. The average Bonchev–Trinajstić information content (AvgIpc) is 2.76. The molecule has 1 N–H and O–H groups in total. The first-order valence-electron chi connectivity index (χ1n) is 8.81. The summed E-state index contributed by atoms with van der Waals surface area (Å²) in [4.78, 5) is 0. The van der Waals surface area contributed by atoms with Crippen LogP contribution in [-0.2, 0) is 0 Å². The molecule has 118 valence electrons. The van der Waals surface area contributed by atoms with Gasteiger partial charge in [0.25, 0.3) is 0 Å². The molecule has 2 nitrogen and oxygen atoms in total. The number of hydrogen-bond acceptors (Lipinski definition) is 2. The molecule has 1 aliphatic rings. The first-order chi connectivity index (χ1) is 10.4. The Labute approximate surface area is 130 Å². The third-order valence-corrected chi connectivity index (χ3v) is 4.55. The van der Waals surface area contributed by atoms with Gasteiger partial charge in [0.1, 0.15) is 5.75 Å². The van der Waals surface area contributed by atoms with E-state index in [0.29, 0.717) is 0 Å². The highest BCUT2D eigenvalue weighted by molar-refractivity contribution is 5.20. The van der Waals surface area contributed by atoms with Crippen molar-refractivity contribution in [2.24, 2.45) is 5.92 Å². The third kappa shape index (κ3) is 6.09. The molecule has 1 aromatic carbocycles. The zero-order chi connectivity index (χ0) is 14.8. The molecule has 2 rings (SSSR count). The van der Waals surface area contributed by atoms with Gasteiger partial charge in [-0.3, -0.25) is 0 Å². The lowest BCUT2D eigenvalue weighted by molar-refractivity contribution is 0.261. The van der Waals surface area contributed by atoms with Gasteiger partial charge in [0.15, 0.2) is 0 Å². The predicted octanol–water partition coefficient (Wildman–Crippen LogP) is 4.79. The maximum Gasteiger partial charge on any atom is 0.119 e. The molecule has 1 fully saturated rings. The second kappa shape index (κ2) is 9.83. The van der Waals surface area contributed by atoms with Crippen LogP contribution in [0.2, 0.25) is 0 Å². The van der Waals surface area contributed by atoms with Gasteiger partial charge < -0.3 is 10.1 Å². The predicted molar refractivity (Wildman–Crippen MR) is 89.8 cm³/mol. The van der Waals surface area contributed by atoms with Crippen LogP contribution in [0.4, 0.5) is 0 Å². The minimum atomic E-state index is 0.740. The minimum absolute atomic E-state index is 0.740. The van der Waals surface area contributed by atoms with Crippen LogP contribution in [0.3, 0.4) is 0 Å². The monoisotopic (exact) mass is 289 g/mol. The molecule has 0 amide bonds. The Bertz CT molecular complexity index is 365. The van der Waals surface area contributed by atoms with Gasteiger partial charge in [0, 0.05) is 6.04 Å². The average molecular weight is 289 g/mol. The van der Waals surface area contributed by atoms with E-state index in [0.717, 1.165) is 24.3 Å². The van der Waals surface area contributed by atoms with E-state index in [9.17, 15) is 0 Å². The molecule has 2 heteroatoms. The lowest BCUT2D eigenvalue weighted by atomic mass is 9.90. The van der Waals surface area contributed by atoms with E-state index in [-0.39, 0.29) is 0 Å². The number of rotatable bonds is 8. The summed E-state index contributed by atoms with van der Waals surface area (Å²) in [6, 6.07) is 10.9. The smallest absolute Gasteiger partial charge is 0.119 e. The van der Waals surface area contributed by atoms with Gasteiger partial charge in [0.05, 0.1) is 6.61 Å². The van der Waals surface area contributed by atoms with Crippen molar-refractivity contribution in [1.82, 2.24) is 5.32 Å². The molecule has 0 heterocycles. The summed E-state index contributed by atoms with van der Waals surface area (Å²) in [6.07, 6.45) is 10.7. The maximum absolute atomic E-state index is 5.82. The van der Waals surface area contributed by atoms with E-state index >= 15 is 0 Å². The van der Waals surface area contributed by atoms with Crippen molar-refractivity contribution in [2.75, 3.05) is 13.2 Å². The Balaban J connectivity index is 1.70. The van der Waals surface area contributed by atoms with Crippen LogP contribution in [0.1, 0.15) is 58.3 Å². The number of benzene rings is 1. The van der Waals surface area contributed by atoms with Crippen molar-refractivity contribution < 1.29 is 4.74 Å². The lowest BCUT2D eigenvalue weighted by Crippen LogP contribution is -2.36. The summed E-state index contributed by atoms with van der Waals surface area (Å²) < 4.78 is 5.82. The number of nitrogens with one attached hydrogen (secondary N) is 1. The Morgan fingerprint density at radius 1 is 1.10 bits per heavy atom. The number of hydrogen-bond donors (Lipinski definition) is 1. The quantitative estimate of drug-likeness (QED) is 0.548. The Morgan fingerprint density at radius 3 is 2.71 bits per heavy atom. The molecule has 0 radical (unpaired) electrons. The van der Waals surface area contributed by atoms with Gasteiger partial charge in [-0.05, 0) is 56.7 Å². The summed E-state index contributed by atoms with van der Waals surface area (Å²) in [5, 5.41) is 3.78. The van der Waals surface area contributed by atoms with E-state index in [4.69, 9.17) is 4.74 Å². The fourth-order valence-corrected chi connectivity index (χ4v) is 3.38. The van der Waals surface area contributed by atoms with E-state index < -0.39 is 0 Å². The summed E-state index contributed by atoms with van der Waals surface area (Å²) in [5.41, 5.74) is 0. The van der Waals surface area contributed by atoms with Crippen LogP contribution in [-0.4, -0.2) is 19.2 Å². The van der Waals surface area contributed by atoms with E-state index in [1.807, 2.05) is 30.3 Å². The largest absolute Gasteiger partial charge is 0.494 e. The van der Waals surface area contributed by atoms with Crippen LogP contribution in [0.5, 0.6) is 5.75 Å². The number of ether oxygens (including phenoxy) is 1. The first-order valence-corrected chi connectivity index (χ1v) is 8.81. The van der Waals surface area contributed by atoms with E-state index in [1.54, 1.807) is 0 Å². The highest BCUT2D eigenvalue weighted by Crippen LogP contribution is 2.27. The van der Waals surface area contributed by atoms with Crippen LogP contribution < -0.4 is 10.1 Å². The molecule has 2 unspecified atom stereocenters. The molecule has 0 spiro atoms. The highest BCUT2D eigenvalue weighted by Gasteiger charge is 2.22. The molecule has 0 aromatic heterocycles. The molecule has 2 atom stereocenters. The Hall–Kier alpha value is -1.02. The SMILES string of the molecule is CCCNC1CCCCCC1CCCOc1ccccc1.